The standard InChI is InChI=1S/C25H32O4/c1-5-19(6-2)15-16-20(7-3)28-24(26)22-13-8-9-14-23(22)25(27)29-21-12-10-11-18(4)17-21/h8-14,17,19-20H,5-7,15-16H2,1-4H3. The van der Waals surface area contributed by atoms with Gasteiger partial charge in [-0.3, -0.25) is 0 Å². The molecule has 0 radical (unpaired) electrons. The highest BCUT2D eigenvalue weighted by atomic mass is 16.5. The molecule has 0 N–H and O–H groups in total. The molecule has 2 aromatic rings. The van der Waals surface area contributed by atoms with E-state index in [4.69, 9.17) is 9.47 Å². The number of ether oxygens (including phenoxy) is 2. The molecule has 4 heteroatoms. The highest BCUT2D eigenvalue weighted by Gasteiger charge is 2.22. The van der Waals surface area contributed by atoms with Gasteiger partial charge in [0.15, 0.2) is 0 Å². The van der Waals surface area contributed by atoms with Gasteiger partial charge in [0.2, 0.25) is 0 Å². The maximum atomic E-state index is 12.8. The smallest absolute Gasteiger partial charge is 0.344 e. The lowest BCUT2D eigenvalue weighted by molar-refractivity contribution is 0.0252. The van der Waals surface area contributed by atoms with Crippen molar-refractivity contribution in [1.82, 2.24) is 0 Å². The number of rotatable bonds is 10. The Morgan fingerprint density at radius 1 is 0.828 bits per heavy atom. The van der Waals surface area contributed by atoms with Crippen LogP contribution in [0, 0.1) is 12.8 Å². The van der Waals surface area contributed by atoms with Gasteiger partial charge in [0.1, 0.15) is 11.9 Å². The van der Waals surface area contributed by atoms with Crippen LogP contribution < -0.4 is 4.74 Å². The van der Waals surface area contributed by atoms with Crippen LogP contribution in [0.15, 0.2) is 48.5 Å². The molecular formula is C25H32O4. The van der Waals surface area contributed by atoms with Crippen LogP contribution in [0.4, 0.5) is 0 Å². The molecule has 0 heterocycles. The average Bonchev–Trinajstić information content (AvgIpc) is 2.73. The molecule has 0 aromatic heterocycles. The third kappa shape index (κ3) is 6.74. The van der Waals surface area contributed by atoms with Gasteiger partial charge in [0.05, 0.1) is 11.1 Å². The first-order valence-electron chi connectivity index (χ1n) is 10.6. The second-order valence-corrected chi connectivity index (χ2v) is 7.45. The monoisotopic (exact) mass is 396 g/mol. The van der Waals surface area contributed by atoms with E-state index in [1.807, 2.05) is 26.0 Å². The molecule has 2 rings (SSSR count). The van der Waals surface area contributed by atoms with E-state index in [1.165, 1.54) is 0 Å². The molecule has 0 aliphatic rings. The fourth-order valence-corrected chi connectivity index (χ4v) is 3.36. The Hall–Kier alpha value is -2.62. The molecule has 0 bridgehead atoms. The second kappa shape index (κ2) is 11.4. The Kier molecular flexibility index (Phi) is 8.91. The molecule has 0 amide bonds. The molecular weight excluding hydrogens is 364 g/mol. The van der Waals surface area contributed by atoms with Crippen LogP contribution in [-0.4, -0.2) is 18.0 Å². The van der Waals surface area contributed by atoms with Crippen molar-refractivity contribution in [2.24, 2.45) is 5.92 Å². The Morgan fingerprint density at radius 3 is 2.07 bits per heavy atom. The largest absolute Gasteiger partial charge is 0.459 e. The minimum Gasteiger partial charge on any atom is -0.459 e. The third-order valence-electron chi connectivity index (χ3n) is 5.35. The van der Waals surface area contributed by atoms with Crippen LogP contribution >= 0.6 is 0 Å². The lowest BCUT2D eigenvalue weighted by atomic mass is 9.95. The van der Waals surface area contributed by atoms with E-state index in [0.717, 1.165) is 37.7 Å². The lowest BCUT2D eigenvalue weighted by Gasteiger charge is -2.20. The molecule has 0 fully saturated rings. The summed E-state index contributed by atoms with van der Waals surface area (Å²) in [5, 5.41) is 0. The maximum Gasteiger partial charge on any atom is 0.344 e. The van der Waals surface area contributed by atoms with Gasteiger partial charge in [-0.1, -0.05) is 57.9 Å². The zero-order chi connectivity index (χ0) is 21.2. The van der Waals surface area contributed by atoms with E-state index in [0.29, 0.717) is 11.7 Å². The van der Waals surface area contributed by atoms with Crippen LogP contribution in [0.2, 0.25) is 0 Å². The van der Waals surface area contributed by atoms with Crippen molar-refractivity contribution < 1.29 is 19.1 Å². The summed E-state index contributed by atoms with van der Waals surface area (Å²) < 4.78 is 11.2. The number of carbonyl (C=O) groups is 2. The zero-order valence-electron chi connectivity index (χ0n) is 17.9. The van der Waals surface area contributed by atoms with Gasteiger partial charge in [-0.2, -0.15) is 0 Å². The zero-order valence-corrected chi connectivity index (χ0v) is 17.9. The Bertz CT molecular complexity index is 808. The average molecular weight is 397 g/mol. The van der Waals surface area contributed by atoms with E-state index < -0.39 is 11.9 Å². The first-order chi connectivity index (χ1) is 14.0. The molecule has 2 aromatic carbocycles. The summed E-state index contributed by atoms with van der Waals surface area (Å²) in [6, 6.07) is 13.9. The van der Waals surface area contributed by atoms with Crippen molar-refractivity contribution in [2.45, 2.75) is 65.9 Å². The van der Waals surface area contributed by atoms with Crippen LogP contribution in [0.5, 0.6) is 5.75 Å². The summed E-state index contributed by atoms with van der Waals surface area (Å²) in [5.41, 5.74) is 1.45. The van der Waals surface area contributed by atoms with Crippen LogP contribution in [-0.2, 0) is 4.74 Å². The van der Waals surface area contributed by atoms with Gasteiger partial charge in [0, 0.05) is 0 Å². The fraction of sp³-hybridized carbons (Fsp3) is 0.440. The molecule has 0 spiro atoms. The van der Waals surface area contributed by atoms with Gasteiger partial charge in [-0.05, 0) is 61.9 Å². The SMILES string of the molecule is CCC(CC)CCC(CC)OC(=O)c1ccccc1C(=O)Oc1cccc(C)c1. The molecule has 0 saturated carbocycles. The maximum absolute atomic E-state index is 12.8. The predicted molar refractivity (Wildman–Crippen MR) is 115 cm³/mol. The number of esters is 2. The summed E-state index contributed by atoms with van der Waals surface area (Å²) in [7, 11) is 0. The fourth-order valence-electron chi connectivity index (χ4n) is 3.36. The van der Waals surface area contributed by atoms with E-state index in [-0.39, 0.29) is 17.2 Å². The highest BCUT2D eigenvalue weighted by molar-refractivity contribution is 6.03. The minimum absolute atomic E-state index is 0.149. The van der Waals surface area contributed by atoms with Gasteiger partial charge in [-0.25, -0.2) is 9.59 Å². The van der Waals surface area contributed by atoms with Gasteiger partial charge >= 0.3 is 11.9 Å². The number of aryl methyl sites for hydroxylation is 1. The van der Waals surface area contributed by atoms with E-state index in [2.05, 4.69) is 13.8 Å². The quantitative estimate of drug-likeness (QED) is 0.346. The number of hydrogen-bond acceptors (Lipinski definition) is 4. The Labute approximate surface area is 174 Å². The highest BCUT2D eigenvalue weighted by Crippen LogP contribution is 2.21. The molecule has 4 nitrogen and oxygen atoms in total. The summed E-state index contributed by atoms with van der Waals surface area (Å²) in [6.45, 7) is 8.33. The molecule has 0 aliphatic heterocycles. The van der Waals surface area contributed by atoms with Crippen molar-refractivity contribution in [3.05, 3.63) is 65.2 Å². The topological polar surface area (TPSA) is 52.6 Å². The molecule has 1 atom stereocenters. The molecule has 0 aliphatic carbocycles. The van der Waals surface area contributed by atoms with Crippen molar-refractivity contribution in [1.29, 1.82) is 0 Å². The predicted octanol–water partition coefficient (Wildman–Crippen LogP) is 6.37. The normalized spacial score (nSPS) is 11.9. The summed E-state index contributed by atoms with van der Waals surface area (Å²) >= 11 is 0. The van der Waals surface area contributed by atoms with Crippen molar-refractivity contribution in [3.63, 3.8) is 0 Å². The van der Waals surface area contributed by atoms with Gasteiger partial charge in [-0.15, -0.1) is 0 Å². The van der Waals surface area contributed by atoms with Crippen molar-refractivity contribution in [2.75, 3.05) is 0 Å². The molecule has 156 valence electrons. The van der Waals surface area contributed by atoms with Crippen LogP contribution in [0.1, 0.15) is 79.2 Å². The van der Waals surface area contributed by atoms with E-state index in [1.54, 1.807) is 36.4 Å². The van der Waals surface area contributed by atoms with Crippen LogP contribution in [0.3, 0.4) is 0 Å². The lowest BCUT2D eigenvalue weighted by Crippen LogP contribution is -2.21. The molecule has 0 saturated heterocycles. The number of benzene rings is 2. The van der Waals surface area contributed by atoms with Gasteiger partial charge in [0.25, 0.3) is 0 Å². The van der Waals surface area contributed by atoms with Crippen molar-refractivity contribution >= 4 is 11.9 Å². The number of hydrogen-bond donors (Lipinski definition) is 0. The first-order valence-corrected chi connectivity index (χ1v) is 10.6. The minimum atomic E-state index is -0.562. The summed E-state index contributed by atoms with van der Waals surface area (Å²) in [4.78, 5) is 25.5. The summed E-state index contributed by atoms with van der Waals surface area (Å²) in [5.74, 6) is 0.0699. The third-order valence-corrected chi connectivity index (χ3v) is 5.35. The van der Waals surface area contributed by atoms with E-state index >= 15 is 0 Å². The van der Waals surface area contributed by atoms with E-state index in [9.17, 15) is 9.59 Å². The Balaban J connectivity index is 2.09. The van der Waals surface area contributed by atoms with Gasteiger partial charge < -0.3 is 9.47 Å². The Morgan fingerprint density at radius 2 is 1.48 bits per heavy atom. The second-order valence-electron chi connectivity index (χ2n) is 7.45. The summed E-state index contributed by atoms with van der Waals surface area (Å²) in [6.07, 6.45) is 4.74. The number of carbonyl (C=O) groups excluding carboxylic acids is 2. The van der Waals surface area contributed by atoms with Crippen LogP contribution in [0.25, 0.3) is 0 Å². The first kappa shape index (κ1) is 22.7. The molecule has 1 unspecified atom stereocenters. The molecule has 29 heavy (non-hydrogen) atoms. The van der Waals surface area contributed by atoms with Crippen molar-refractivity contribution in [3.8, 4) is 5.75 Å².